The molecule has 9 heteroatoms. The van der Waals surface area contributed by atoms with E-state index in [1.54, 1.807) is 25.1 Å². The molecule has 0 radical (unpaired) electrons. The summed E-state index contributed by atoms with van der Waals surface area (Å²) >= 11 is 0. The van der Waals surface area contributed by atoms with E-state index in [9.17, 15) is 14.0 Å². The Morgan fingerprint density at radius 1 is 1.44 bits per heavy atom. The Morgan fingerprint density at radius 2 is 2.20 bits per heavy atom. The standard InChI is InChI=1S/C16H16FN3O5/c1-10-18-13(19-25-10)8-24-12-5-3-2-4-11(12)14(21)20-7-6-16(17,9-20)15(22)23/h2-5H,6-9H2,1H3,(H,22,23). The molecule has 2 heterocycles. The minimum atomic E-state index is -2.41. The molecule has 1 aromatic carbocycles. The van der Waals surface area contributed by atoms with Crippen molar-refractivity contribution in [1.82, 2.24) is 15.0 Å². The lowest BCUT2D eigenvalue weighted by Gasteiger charge is -2.19. The molecule has 1 aliphatic heterocycles. The predicted molar refractivity (Wildman–Crippen MR) is 81.8 cm³/mol. The summed E-state index contributed by atoms with van der Waals surface area (Å²) in [6.45, 7) is 1.19. The van der Waals surface area contributed by atoms with Crippen LogP contribution in [-0.4, -0.2) is 50.8 Å². The molecule has 1 N–H and O–H groups in total. The van der Waals surface area contributed by atoms with Crippen LogP contribution in [0.5, 0.6) is 5.75 Å². The molecule has 1 atom stereocenters. The zero-order chi connectivity index (χ0) is 18.0. The largest absolute Gasteiger partial charge is 0.485 e. The van der Waals surface area contributed by atoms with Gasteiger partial charge < -0.3 is 19.3 Å². The van der Waals surface area contributed by atoms with E-state index >= 15 is 0 Å². The van der Waals surface area contributed by atoms with E-state index in [0.717, 1.165) is 0 Å². The normalized spacial score (nSPS) is 19.8. The minimum absolute atomic E-state index is 0.00378. The fourth-order valence-electron chi connectivity index (χ4n) is 2.60. The number of carbonyl (C=O) groups is 2. The first-order valence-electron chi connectivity index (χ1n) is 7.62. The third-order valence-corrected chi connectivity index (χ3v) is 3.93. The summed E-state index contributed by atoms with van der Waals surface area (Å²) in [5, 5.41) is 12.6. The first-order valence-corrected chi connectivity index (χ1v) is 7.62. The number of carboxylic acid groups (broad SMARTS) is 1. The van der Waals surface area contributed by atoms with Gasteiger partial charge in [0, 0.05) is 19.9 Å². The van der Waals surface area contributed by atoms with Gasteiger partial charge in [-0.25, -0.2) is 9.18 Å². The molecule has 25 heavy (non-hydrogen) atoms. The Balaban J connectivity index is 1.74. The van der Waals surface area contributed by atoms with Crippen LogP contribution in [0.3, 0.4) is 0 Å². The van der Waals surface area contributed by atoms with Crippen LogP contribution in [0, 0.1) is 6.92 Å². The van der Waals surface area contributed by atoms with Gasteiger partial charge in [-0.05, 0) is 12.1 Å². The summed E-state index contributed by atoms with van der Waals surface area (Å²) in [6, 6.07) is 6.47. The number of aliphatic carboxylic acids is 1. The van der Waals surface area contributed by atoms with Crippen molar-refractivity contribution < 1.29 is 28.3 Å². The summed E-state index contributed by atoms with van der Waals surface area (Å²) in [5.41, 5.74) is -2.19. The highest BCUT2D eigenvalue weighted by molar-refractivity contribution is 5.97. The second-order valence-corrected chi connectivity index (χ2v) is 5.76. The summed E-state index contributed by atoms with van der Waals surface area (Å²) in [4.78, 5) is 28.8. The maximum absolute atomic E-state index is 14.2. The second kappa shape index (κ2) is 6.50. The number of ether oxygens (including phenoxy) is 1. The van der Waals surface area contributed by atoms with Crippen molar-refractivity contribution in [2.45, 2.75) is 25.6 Å². The third kappa shape index (κ3) is 3.44. The average Bonchev–Trinajstić information content (AvgIpc) is 3.19. The number of hydrogen-bond donors (Lipinski definition) is 1. The summed E-state index contributed by atoms with van der Waals surface area (Å²) < 4.78 is 24.6. The molecule has 1 amide bonds. The average molecular weight is 349 g/mol. The molecule has 1 aromatic heterocycles. The minimum Gasteiger partial charge on any atom is -0.485 e. The monoisotopic (exact) mass is 349 g/mol. The molecule has 1 unspecified atom stereocenters. The Labute approximate surface area is 142 Å². The Kier molecular flexibility index (Phi) is 4.39. The van der Waals surface area contributed by atoms with Crippen molar-refractivity contribution in [2.24, 2.45) is 0 Å². The first kappa shape index (κ1) is 16.9. The zero-order valence-corrected chi connectivity index (χ0v) is 13.4. The molecule has 1 aliphatic rings. The van der Waals surface area contributed by atoms with E-state index in [1.807, 2.05) is 0 Å². The highest BCUT2D eigenvalue weighted by Gasteiger charge is 2.47. The number of amides is 1. The van der Waals surface area contributed by atoms with Gasteiger partial charge in [0.1, 0.15) is 5.75 Å². The van der Waals surface area contributed by atoms with Gasteiger partial charge in [0.2, 0.25) is 17.4 Å². The van der Waals surface area contributed by atoms with E-state index in [-0.39, 0.29) is 30.9 Å². The van der Waals surface area contributed by atoms with Crippen LogP contribution in [0.4, 0.5) is 4.39 Å². The Hall–Kier alpha value is -2.97. The number of benzene rings is 1. The van der Waals surface area contributed by atoms with Gasteiger partial charge in [-0.3, -0.25) is 4.79 Å². The Morgan fingerprint density at radius 3 is 2.84 bits per heavy atom. The van der Waals surface area contributed by atoms with Gasteiger partial charge >= 0.3 is 5.97 Å². The molecule has 1 fully saturated rings. The summed E-state index contributed by atoms with van der Waals surface area (Å²) in [5.74, 6) is -1.04. The van der Waals surface area contributed by atoms with Crippen molar-refractivity contribution in [1.29, 1.82) is 0 Å². The van der Waals surface area contributed by atoms with Gasteiger partial charge in [0.15, 0.2) is 6.61 Å². The smallest absolute Gasteiger partial charge is 0.343 e. The SMILES string of the molecule is Cc1nc(COc2ccccc2C(=O)N2CCC(F)(C(=O)O)C2)no1. The number of hydrogen-bond acceptors (Lipinski definition) is 6. The number of likely N-dealkylation sites (tertiary alicyclic amines) is 1. The molecule has 132 valence electrons. The van der Waals surface area contributed by atoms with Crippen LogP contribution in [0.15, 0.2) is 28.8 Å². The van der Waals surface area contributed by atoms with Gasteiger partial charge in [0.05, 0.1) is 12.1 Å². The lowest BCUT2D eigenvalue weighted by atomic mass is 10.1. The molecule has 0 spiro atoms. The van der Waals surface area contributed by atoms with E-state index in [1.165, 1.54) is 11.0 Å². The molecular formula is C16H16FN3O5. The molecule has 1 saturated heterocycles. The van der Waals surface area contributed by atoms with Gasteiger partial charge in [-0.2, -0.15) is 4.98 Å². The van der Waals surface area contributed by atoms with E-state index < -0.39 is 24.1 Å². The van der Waals surface area contributed by atoms with Gasteiger partial charge in [0.25, 0.3) is 5.91 Å². The predicted octanol–water partition coefficient (Wildman–Crippen LogP) is 1.60. The molecule has 2 aromatic rings. The van der Waals surface area contributed by atoms with Crippen LogP contribution in [0.2, 0.25) is 0 Å². The van der Waals surface area contributed by atoms with Crippen LogP contribution in [0.1, 0.15) is 28.5 Å². The molecule has 3 rings (SSSR count). The fourth-order valence-corrected chi connectivity index (χ4v) is 2.60. The van der Waals surface area contributed by atoms with Crippen LogP contribution in [-0.2, 0) is 11.4 Å². The fraction of sp³-hybridized carbons (Fsp3) is 0.375. The number of halogens is 1. The molecule has 0 saturated carbocycles. The molecule has 0 aliphatic carbocycles. The highest BCUT2D eigenvalue weighted by atomic mass is 19.1. The van der Waals surface area contributed by atoms with Gasteiger partial charge in [-0.1, -0.05) is 17.3 Å². The first-order chi connectivity index (χ1) is 11.9. The van der Waals surface area contributed by atoms with Crippen molar-refractivity contribution in [3.8, 4) is 5.75 Å². The van der Waals surface area contributed by atoms with Crippen LogP contribution >= 0.6 is 0 Å². The van der Waals surface area contributed by atoms with Gasteiger partial charge in [-0.15, -0.1) is 0 Å². The zero-order valence-electron chi connectivity index (χ0n) is 13.4. The summed E-state index contributed by atoms with van der Waals surface area (Å²) in [6.07, 6.45) is -0.237. The number of carboxylic acids is 1. The van der Waals surface area contributed by atoms with Crippen molar-refractivity contribution >= 4 is 11.9 Å². The topological polar surface area (TPSA) is 106 Å². The number of carbonyl (C=O) groups excluding carboxylic acids is 1. The quantitative estimate of drug-likeness (QED) is 0.874. The van der Waals surface area contributed by atoms with Crippen molar-refractivity contribution in [3.05, 3.63) is 41.5 Å². The van der Waals surface area contributed by atoms with Crippen LogP contribution in [0.25, 0.3) is 0 Å². The van der Waals surface area contributed by atoms with Crippen molar-refractivity contribution in [3.63, 3.8) is 0 Å². The maximum Gasteiger partial charge on any atom is 0.343 e. The molecular weight excluding hydrogens is 333 g/mol. The lowest BCUT2D eigenvalue weighted by molar-refractivity contribution is -0.149. The number of aromatic nitrogens is 2. The molecule has 8 nitrogen and oxygen atoms in total. The number of para-hydroxylation sites is 1. The van der Waals surface area contributed by atoms with E-state index in [2.05, 4.69) is 10.1 Å². The lowest BCUT2D eigenvalue weighted by Crippen LogP contribution is -2.39. The third-order valence-electron chi connectivity index (χ3n) is 3.93. The Bertz CT molecular complexity index is 809. The number of rotatable bonds is 5. The highest BCUT2D eigenvalue weighted by Crippen LogP contribution is 2.29. The number of aryl methyl sites for hydroxylation is 1. The number of nitrogens with zero attached hydrogens (tertiary/aromatic N) is 3. The number of alkyl halides is 1. The van der Waals surface area contributed by atoms with E-state index in [4.69, 9.17) is 14.4 Å². The second-order valence-electron chi connectivity index (χ2n) is 5.76. The van der Waals surface area contributed by atoms with E-state index in [0.29, 0.717) is 11.7 Å². The summed E-state index contributed by atoms with van der Waals surface area (Å²) in [7, 11) is 0. The maximum atomic E-state index is 14.2. The molecule has 0 bridgehead atoms. The van der Waals surface area contributed by atoms with Crippen molar-refractivity contribution in [2.75, 3.05) is 13.1 Å². The van der Waals surface area contributed by atoms with Crippen LogP contribution < -0.4 is 4.74 Å².